The minimum absolute atomic E-state index is 0.123. The van der Waals surface area contributed by atoms with Crippen LogP contribution in [0.4, 0.5) is 10.1 Å². The summed E-state index contributed by atoms with van der Waals surface area (Å²) in [5, 5.41) is 11.6. The van der Waals surface area contributed by atoms with E-state index < -0.39 is 5.91 Å². The lowest BCUT2D eigenvalue weighted by Gasteiger charge is -2.11. The average Bonchev–Trinajstić information content (AvgIpc) is 3.27. The lowest BCUT2D eigenvalue weighted by molar-refractivity contribution is 0.102. The van der Waals surface area contributed by atoms with Crippen LogP contribution in [0.25, 0.3) is 5.69 Å². The van der Waals surface area contributed by atoms with Gasteiger partial charge in [0.1, 0.15) is 5.82 Å². The zero-order valence-electron chi connectivity index (χ0n) is 17.7. The van der Waals surface area contributed by atoms with Crippen molar-refractivity contribution in [1.82, 2.24) is 25.0 Å². The van der Waals surface area contributed by atoms with Gasteiger partial charge in [-0.1, -0.05) is 17.0 Å². The summed E-state index contributed by atoms with van der Waals surface area (Å²) in [5.74, 6) is 0.488. The molecule has 4 aromatic rings. The summed E-state index contributed by atoms with van der Waals surface area (Å²) in [6.07, 6.45) is 3.27. The number of rotatable bonds is 8. The number of aromatic nitrogens is 5. The molecule has 0 bridgehead atoms. The molecule has 0 saturated heterocycles. The Kier molecular flexibility index (Phi) is 6.79. The van der Waals surface area contributed by atoms with E-state index in [-0.39, 0.29) is 11.5 Å². The largest absolute Gasteiger partial charge is 0.493 e. The molecule has 0 saturated carbocycles. The van der Waals surface area contributed by atoms with E-state index in [2.05, 4.69) is 25.6 Å². The lowest BCUT2D eigenvalue weighted by Crippen LogP contribution is -2.15. The first kappa shape index (κ1) is 22.2. The van der Waals surface area contributed by atoms with Gasteiger partial charge in [-0.25, -0.2) is 19.0 Å². The van der Waals surface area contributed by atoms with E-state index in [0.717, 1.165) is 0 Å². The van der Waals surface area contributed by atoms with Crippen molar-refractivity contribution >= 4 is 23.4 Å². The SMILES string of the molecule is COc1ccc(NC(=O)c2nnn(-c3ccc(F)cc3)c2CSc2ncccn2)cc1OC. The maximum atomic E-state index is 13.4. The van der Waals surface area contributed by atoms with Gasteiger partial charge >= 0.3 is 0 Å². The molecule has 0 unspecified atom stereocenters. The van der Waals surface area contributed by atoms with Crippen LogP contribution in [0.15, 0.2) is 66.1 Å². The van der Waals surface area contributed by atoms with E-state index in [9.17, 15) is 9.18 Å². The Morgan fingerprint density at radius 2 is 1.79 bits per heavy atom. The molecule has 2 aromatic heterocycles. The van der Waals surface area contributed by atoms with Gasteiger partial charge in [-0.05, 0) is 42.5 Å². The third kappa shape index (κ3) is 5.09. The fourth-order valence-corrected chi connectivity index (χ4v) is 3.79. The summed E-state index contributed by atoms with van der Waals surface area (Å²) in [6.45, 7) is 0. The molecule has 0 radical (unpaired) electrons. The fourth-order valence-electron chi connectivity index (χ4n) is 2.99. The highest BCUT2D eigenvalue weighted by Gasteiger charge is 2.22. The minimum Gasteiger partial charge on any atom is -0.493 e. The van der Waals surface area contributed by atoms with Crippen LogP contribution in [0.2, 0.25) is 0 Å². The van der Waals surface area contributed by atoms with Gasteiger partial charge in [0.2, 0.25) is 0 Å². The highest BCUT2D eigenvalue weighted by molar-refractivity contribution is 7.98. The maximum absolute atomic E-state index is 13.4. The van der Waals surface area contributed by atoms with Crippen LogP contribution in [-0.4, -0.2) is 45.1 Å². The third-order valence-electron chi connectivity index (χ3n) is 4.57. The topological polar surface area (TPSA) is 104 Å². The van der Waals surface area contributed by atoms with Crippen LogP contribution >= 0.6 is 11.8 Å². The van der Waals surface area contributed by atoms with Crippen molar-refractivity contribution in [2.75, 3.05) is 19.5 Å². The number of amides is 1. The molecular weight excluding hydrogens is 447 g/mol. The van der Waals surface area contributed by atoms with E-state index in [4.69, 9.17) is 9.47 Å². The number of ether oxygens (including phenoxy) is 2. The van der Waals surface area contributed by atoms with Crippen molar-refractivity contribution in [1.29, 1.82) is 0 Å². The second-order valence-electron chi connectivity index (χ2n) is 6.62. The Hall–Kier alpha value is -3.99. The number of nitrogens with zero attached hydrogens (tertiary/aromatic N) is 5. The molecule has 0 fully saturated rings. The van der Waals surface area contributed by atoms with Gasteiger partial charge in [-0.3, -0.25) is 4.79 Å². The number of carbonyl (C=O) groups excluding carboxylic acids is 1. The van der Waals surface area contributed by atoms with Crippen LogP contribution in [0.3, 0.4) is 0 Å². The summed E-state index contributed by atoms with van der Waals surface area (Å²) in [6, 6.07) is 12.5. The normalized spacial score (nSPS) is 10.6. The van der Waals surface area contributed by atoms with Crippen LogP contribution in [0.5, 0.6) is 11.5 Å². The summed E-state index contributed by atoms with van der Waals surface area (Å²) >= 11 is 1.33. The van der Waals surface area contributed by atoms with Gasteiger partial charge in [0.05, 0.1) is 25.6 Å². The molecule has 168 valence electrons. The van der Waals surface area contributed by atoms with E-state index >= 15 is 0 Å². The monoisotopic (exact) mass is 466 g/mol. The van der Waals surface area contributed by atoms with Crippen molar-refractivity contribution in [3.05, 3.63) is 78.1 Å². The number of thioether (sulfide) groups is 1. The lowest BCUT2D eigenvalue weighted by atomic mass is 10.2. The zero-order chi connectivity index (χ0) is 23.2. The first-order valence-electron chi connectivity index (χ1n) is 9.72. The third-order valence-corrected chi connectivity index (χ3v) is 5.46. The first-order chi connectivity index (χ1) is 16.1. The molecule has 4 rings (SSSR count). The number of nitrogens with one attached hydrogen (secondary N) is 1. The van der Waals surface area contributed by atoms with E-state index in [1.807, 2.05) is 0 Å². The Bertz CT molecular complexity index is 1250. The highest BCUT2D eigenvalue weighted by atomic mass is 32.2. The second kappa shape index (κ2) is 10.1. The Morgan fingerprint density at radius 1 is 1.06 bits per heavy atom. The molecule has 1 amide bonds. The van der Waals surface area contributed by atoms with Crippen molar-refractivity contribution < 1.29 is 18.7 Å². The molecule has 0 spiro atoms. The average molecular weight is 466 g/mol. The molecule has 1 N–H and O–H groups in total. The molecule has 0 aliphatic carbocycles. The minimum atomic E-state index is -0.458. The summed E-state index contributed by atoms with van der Waals surface area (Å²) < 4.78 is 25.4. The molecule has 0 aliphatic rings. The van der Waals surface area contributed by atoms with Gasteiger partial charge in [0.15, 0.2) is 22.3 Å². The van der Waals surface area contributed by atoms with Crippen LogP contribution < -0.4 is 14.8 Å². The number of methoxy groups -OCH3 is 2. The standard InChI is InChI=1S/C22H19FN6O3S/c1-31-18-9-6-15(12-19(18)32-2)26-21(30)20-17(13-33-22-24-10-3-11-25-22)29(28-27-20)16-7-4-14(23)5-8-16/h3-12H,13H2,1-2H3,(H,26,30). The van der Waals surface area contributed by atoms with Gasteiger partial charge in [-0.2, -0.15) is 0 Å². The number of carbonyl (C=O) groups is 1. The molecule has 0 atom stereocenters. The van der Waals surface area contributed by atoms with Crippen molar-refractivity contribution in [2.24, 2.45) is 0 Å². The molecule has 11 heteroatoms. The predicted molar refractivity (Wildman–Crippen MR) is 120 cm³/mol. The Balaban J connectivity index is 1.65. The maximum Gasteiger partial charge on any atom is 0.278 e. The zero-order valence-corrected chi connectivity index (χ0v) is 18.5. The molecular formula is C22H19FN6O3S. The van der Waals surface area contributed by atoms with Crippen molar-refractivity contribution in [2.45, 2.75) is 10.9 Å². The van der Waals surface area contributed by atoms with Crippen molar-refractivity contribution in [3.8, 4) is 17.2 Å². The van der Waals surface area contributed by atoms with Crippen LogP contribution in [0, 0.1) is 5.82 Å². The first-order valence-corrected chi connectivity index (χ1v) is 10.7. The van der Waals surface area contributed by atoms with Crippen LogP contribution in [0.1, 0.15) is 16.2 Å². The van der Waals surface area contributed by atoms with Crippen molar-refractivity contribution in [3.63, 3.8) is 0 Å². The molecule has 2 aromatic carbocycles. The van der Waals surface area contributed by atoms with Gasteiger partial charge in [-0.15, -0.1) is 5.10 Å². The molecule has 9 nitrogen and oxygen atoms in total. The Morgan fingerprint density at radius 3 is 2.48 bits per heavy atom. The summed E-state index contributed by atoms with van der Waals surface area (Å²) in [5.41, 5.74) is 1.70. The van der Waals surface area contributed by atoms with Gasteiger partial charge in [0.25, 0.3) is 5.91 Å². The highest BCUT2D eigenvalue weighted by Crippen LogP contribution is 2.30. The van der Waals surface area contributed by atoms with Gasteiger partial charge in [0, 0.05) is 29.9 Å². The van der Waals surface area contributed by atoms with E-state index in [0.29, 0.717) is 39.5 Å². The second-order valence-corrected chi connectivity index (χ2v) is 7.56. The molecule has 33 heavy (non-hydrogen) atoms. The van der Waals surface area contributed by atoms with E-state index in [1.54, 1.807) is 48.8 Å². The number of benzene rings is 2. The Labute approximate surface area is 193 Å². The number of anilines is 1. The molecule has 0 aliphatic heterocycles. The molecule has 2 heterocycles. The smallest absolute Gasteiger partial charge is 0.278 e. The summed E-state index contributed by atoms with van der Waals surface area (Å²) in [7, 11) is 3.04. The number of hydrogen-bond donors (Lipinski definition) is 1. The predicted octanol–water partition coefficient (Wildman–Crippen LogP) is 3.76. The number of halogens is 1. The quantitative estimate of drug-likeness (QED) is 0.309. The van der Waals surface area contributed by atoms with Crippen LogP contribution in [-0.2, 0) is 5.75 Å². The summed E-state index contributed by atoms with van der Waals surface area (Å²) in [4.78, 5) is 21.5. The van der Waals surface area contributed by atoms with Gasteiger partial charge < -0.3 is 14.8 Å². The van der Waals surface area contributed by atoms with E-state index in [1.165, 1.54) is 42.8 Å². The fraction of sp³-hybridized carbons (Fsp3) is 0.136. The number of hydrogen-bond acceptors (Lipinski definition) is 8.